The Hall–Kier alpha value is -2.22. The second-order valence-electron chi connectivity index (χ2n) is 4.60. The highest BCUT2D eigenvalue weighted by molar-refractivity contribution is 5.94. The minimum atomic E-state index is -0.398. The zero-order chi connectivity index (χ0) is 14.5. The standard InChI is InChI=1S/C12H17N5O3/c1-16(8-11(19)17-6-4-13-5-7-17)12(20)9-2-3-10(18)15-14-9/h2-3,13H,4-8H2,1H3,(H,15,18). The Labute approximate surface area is 115 Å². The predicted molar refractivity (Wildman–Crippen MR) is 71.3 cm³/mol. The van der Waals surface area contributed by atoms with E-state index < -0.39 is 5.91 Å². The molecular weight excluding hydrogens is 262 g/mol. The number of nitrogens with one attached hydrogen (secondary N) is 2. The number of aromatic nitrogens is 2. The van der Waals surface area contributed by atoms with Crippen LogP contribution in [0.3, 0.4) is 0 Å². The van der Waals surface area contributed by atoms with Crippen LogP contribution in [0.15, 0.2) is 16.9 Å². The molecule has 1 saturated heterocycles. The number of nitrogens with zero attached hydrogens (tertiary/aromatic N) is 3. The minimum Gasteiger partial charge on any atom is -0.339 e. The van der Waals surface area contributed by atoms with E-state index in [1.54, 1.807) is 4.90 Å². The maximum Gasteiger partial charge on any atom is 0.274 e. The van der Waals surface area contributed by atoms with E-state index in [2.05, 4.69) is 15.5 Å². The number of amides is 2. The van der Waals surface area contributed by atoms with E-state index in [1.165, 1.54) is 24.1 Å². The lowest BCUT2D eigenvalue weighted by Gasteiger charge is -2.29. The van der Waals surface area contributed by atoms with Gasteiger partial charge in [-0.2, -0.15) is 5.10 Å². The average molecular weight is 279 g/mol. The van der Waals surface area contributed by atoms with Crippen molar-refractivity contribution in [1.29, 1.82) is 0 Å². The van der Waals surface area contributed by atoms with Crippen molar-refractivity contribution in [2.75, 3.05) is 39.8 Å². The molecule has 1 fully saturated rings. The van der Waals surface area contributed by atoms with E-state index in [0.717, 1.165) is 13.1 Å². The summed E-state index contributed by atoms with van der Waals surface area (Å²) in [5, 5.41) is 9.01. The Kier molecular flexibility index (Phi) is 4.46. The van der Waals surface area contributed by atoms with Crippen molar-refractivity contribution in [3.8, 4) is 0 Å². The zero-order valence-electron chi connectivity index (χ0n) is 11.3. The van der Waals surface area contributed by atoms with E-state index in [4.69, 9.17) is 0 Å². The summed E-state index contributed by atoms with van der Waals surface area (Å²) in [4.78, 5) is 38.0. The van der Waals surface area contributed by atoms with Crippen molar-refractivity contribution in [2.24, 2.45) is 0 Å². The fourth-order valence-electron chi connectivity index (χ4n) is 1.95. The van der Waals surface area contributed by atoms with Crippen molar-refractivity contribution in [2.45, 2.75) is 0 Å². The van der Waals surface area contributed by atoms with Gasteiger partial charge in [-0.3, -0.25) is 14.4 Å². The number of hydrogen-bond acceptors (Lipinski definition) is 5. The van der Waals surface area contributed by atoms with Crippen LogP contribution in [0.5, 0.6) is 0 Å². The average Bonchev–Trinajstić information content (AvgIpc) is 2.48. The van der Waals surface area contributed by atoms with Crippen LogP contribution in [0.25, 0.3) is 0 Å². The monoisotopic (exact) mass is 279 g/mol. The third-order valence-electron chi connectivity index (χ3n) is 3.09. The number of aromatic amines is 1. The second kappa shape index (κ2) is 6.29. The largest absolute Gasteiger partial charge is 0.339 e. The number of carbonyl (C=O) groups is 2. The van der Waals surface area contributed by atoms with Crippen LogP contribution in [0.2, 0.25) is 0 Å². The van der Waals surface area contributed by atoms with Gasteiger partial charge in [0.25, 0.3) is 11.5 Å². The molecule has 0 unspecified atom stereocenters. The molecule has 0 atom stereocenters. The second-order valence-corrected chi connectivity index (χ2v) is 4.60. The smallest absolute Gasteiger partial charge is 0.274 e. The molecule has 0 aromatic carbocycles. The fourth-order valence-corrected chi connectivity index (χ4v) is 1.95. The Morgan fingerprint density at radius 3 is 2.65 bits per heavy atom. The molecule has 108 valence electrons. The first-order valence-corrected chi connectivity index (χ1v) is 6.37. The van der Waals surface area contributed by atoms with Gasteiger partial charge < -0.3 is 15.1 Å². The lowest BCUT2D eigenvalue weighted by Crippen LogP contribution is -2.49. The SMILES string of the molecule is CN(CC(=O)N1CCNCC1)C(=O)c1ccc(=O)[nH]n1. The number of rotatable bonds is 3. The molecule has 2 amide bonds. The lowest BCUT2D eigenvalue weighted by atomic mass is 10.3. The summed E-state index contributed by atoms with van der Waals surface area (Å²) in [5.74, 6) is -0.489. The highest BCUT2D eigenvalue weighted by Gasteiger charge is 2.21. The summed E-state index contributed by atoms with van der Waals surface area (Å²) in [6, 6.07) is 2.57. The summed E-state index contributed by atoms with van der Waals surface area (Å²) < 4.78 is 0. The first kappa shape index (κ1) is 14.2. The van der Waals surface area contributed by atoms with E-state index >= 15 is 0 Å². The summed E-state index contributed by atoms with van der Waals surface area (Å²) in [6.45, 7) is 2.84. The van der Waals surface area contributed by atoms with Gasteiger partial charge in [0.2, 0.25) is 5.91 Å². The maximum absolute atomic E-state index is 12.0. The van der Waals surface area contributed by atoms with Gasteiger partial charge >= 0.3 is 0 Å². The molecule has 1 aromatic heterocycles. The first-order valence-electron chi connectivity index (χ1n) is 6.37. The highest BCUT2D eigenvalue weighted by atomic mass is 16.2. The minimum absolute atomic E-state index is 0.000357. The van der Waals surface area contributed by atoms with Crippen LogP contribution in [0, 0.1) is 0 Å². The molecule has 0 spiro atoms. The van der Waals surface area contributed by atoms with Gasteiger partial charge in [0.1, 0.15) is 5.69 Å². The number of piperazine rings is 1. The summed E-state index contributed by atoms with van der Waals surface area (Å²) in [5.41, 5.74) is -0.263. The van der Waals surface area contributed by atoms with Crippen molar-refractivity contribution in [3.63, 3.8) is 0 Å². The van der Waals surface area contributed by atoms with Crippen molar-refractivity contribution < 1.29 is 9.59 Å². The van der Waals surface area contributed by atoms with Gasteiger partial charge in [-0.15, -0.1) is 0 Å². The van der Waals surface area contributed by atoms with Gasteiger partial charge in [0.05, 0.1) is 6.54 Å². The highest BCUT2D eigenvalue weighted by Crippen LogP contribution is 2.00. The van der Waals surface area contributed by atoms with Crippen molar-refractivity contribution in [1.82, 2.24) is 25.3 Å². The molecule has 20 heavy (non-hydrogen) atoms. The quantitative estimate of drug-likeness (QED) is 0.685. The molecule has 2 heterocycles. The lowest BCUT2D eigenvalue weighted by molar-refractivity contribution is -0.132. The van der Waals surface area contributed by atoms with Gasteiger partial charge in [-0.25, -0.2) is 5.10 Å². The topological polar surface area (TPSA) is 98.4 Å². The van der Waals surface area contributed by atoms with Gasteiger partial charge in [0, 0.05) is 39.3 Å². The molecule has 2 rings (SSSR count). The third kappa shape index (κ3) is 3.41. The Bertz CT molecular complexity index is 530. The Balaban J connectivity index is 1.95. The van der Waals surface area contributed by atoms with Crippen molar-refractivity contribution in [3.05, 3.63) is 28.2 Å². The molecule has 0 aliphatic carbocycles. The summed E-state index contributed by atoms with van der Waals surface area (Å²) >= 11 is 0. The molecule has 2 N–H and O–H groups in total. The van der Waals surface area contributed by atoms with Crippen molar-refractivity contribution >= 4 is 11.8 Å². The number of H-pyrrole nitrogens is 1. The molecule has 8 heteroatoms. The first-order chi connectivity index (χ1) is 9.58. The fraction of sp³-hybridized carbons (Fsp3) is 0.500. The van der Waals surface area contributed by atoms with E-state index in [-0.39, 0.29) is 23.7 Å². The van der Waals surface area contributed by atoms with Gasteiger partial charge in [-0.1, -0.05) is 0 Å². The zero-order valence-corrected chi connectivity index (χ0v) is 11.3. The Morgan fingerprint density at radius 1 is 1.35 bits per heavy atom. The molecule has 1 aliphatic rings. The molecule has 0 bridgehead atoms. The Morgan fingerprint density at radius 2 is 2.05 bits per heavy atom. The van der Waals surface area contributed by atoms with Crippen LogP contribution in [-0.4, -0.2) is 71.6 Å². The number of hydrogen-bond donors (Lipinski definition) is 2. The van der Waals surface area contributed by atoms with Crippen LogP contribution in [0.1, 0.15) is 10.5 Å². The summed E-state index contributed by atoms with van der Waals surface area (Å²) in [7, 11) is 1.54. The molecule has 0 radical (unpaired) electrons. The normalized spacial score (nSPS) is 14.9. The number of carbonyl (C=O) groups excluding carboxylic acids is 2. The maximum atomic E-state index is 12.0. The van der Waals surface area contributed by atoms with Crippen LogP contribution >= 0.6 is 0 Å². The van der Waals surface area contributed by atoms with Crippen LogP contribution in [-0.2, 0) is 4.79 Å². The van der Waals surface area contributed by atoms with E-state index in [1.807, 2.05) is 0 Å². The molecular formula is C12H17N5O3. The van der Waals surface area contributed by atoms with Gasteiger partial charge in [0.15, 0.2) is 0 Å². The third-order valence-corrected chi connectivity index (χ3v) is 3.09. The number of likely N-dealkylation sites (N-methyl/N-ethyl adjacent to an activating group) is 1. The molecule has 0 saturated carbocycles. The predicted octanol–water partition coefficient (Wildman–Crippen LogP) is -1.73. The molecule has 1 aromatic rings. The van der Waals surface area contributed by atoms with E-state index in [0.29, 0.717) is 13.1 Å². The van der Waals surface area contributed by atoms with Gasteiger partial charge in [-0.05, 0) is 6.07 Å². The molecule has 1 aliphatic heterocycles. The summed E-state index contributed by atoms with van der Waals surface area (Å²) in [6.07, 6.45) is 0. The van der Waals surface area contributed by atoms with Crippen LogP contribution < -0.4 is 10.9 Å². The molecule has 8 nitrogen and oxygen atoms in total. The van der Waals surface area contributed by atoms with E-state index in [9.17, 15) is 14.4 Å². The van der Waals surface area contributed by atoms with Crippen LogP contribution in [0.4, 0.5) is 0 Å².